The van der Waals surface area contributed by atoms with Crippen LogP contribution >= 0.6 is 0 Å². The first-order valence-electron chi connectivity index (χ1n) is 4.48. The Morgan fingerprint density at radius 2 is 2.12 bits per heavy atom. The van der Waals surface area contributed by atoms with Crippen molar-refractivity contribution in [1.82, 2.24) is 0 Å². The van der Waals surface area contributed by atoms with E-state index in [4.69, 9.17) is 5.73 Å². The van der Waals surface area contributed by atoms with Gasteiger partial charge in [-0.15, -0.1) is 0 Å². The van der Waals surface area contributed by atoms with Crippen LogP contribution in [0.5, 0.6) is 0 Å². The van der Waals surface area contributed by atoms with Crippen LogP contribution in [0.1, 0.15) is 12.7 Å². The zero-order chi connectivity index (χ0) is 12.3. The van der Waals surface area contributed by atoms with Gasteiger partial charge in [-0.1, -0.05) is 6.08 Å². The van der Waals surface area contributed by atoms with Crippen LogP contribution in [0, 0.1) is 0 Å². The number of nitrogens with two attached hydrogens (primary N) is 1. The highest BCUT2D eigenvalue weighted by Gasteiger charge is 2.34. The molecular formula is C10H10F3NO2. The monoisotopic (exact) mass is 233 g/mol. The lowest BCUT2D eigenvalue weighted by Gasteiger charge is -2.04. The minimum absolute atomic E-state index is 0.00884. The molecular weight excluding hydrogens is 223 g/mol. The first-order valence-corrected chi connectivity index (χ1v) is 4.48. The fourth-order valence-corrected chi connectivity index (χ4v) is 1.20. The molecule has 0 saturated carbocycles. The van der Waals surface area contributed by atoms with Crippen LogP contribution in [0.2, 0.25) is 0 Å². The molecule has 0 amide bonds. The molecule has 0 aliphatic rings. The number of rotatable bonds is 1. The van der Waals surface area contributed by atoms with Crippen molar-refractivity contribution in [3.05, 3.63) is 32.7 Å². The highest BCUT2D eigenvalue weighted by molar-refractivity contribution is 5.27. The summed E-state index contributed by atoms with van der Waals surface area (Å²) in [5.41, 5.74) is 4.30. The zero-order valence-electron chi connectivity index (χ0n) is 8.47. The number of hydrogen-bond acceptors (Lipinski definition) is 3. The summed E-state index contributed by atoms with van der Waals surface area (Å²) in [5.74, 6) is -1.32. The van der Waals surface area contributed by atoms with Crippen molar-refractivity contribution < 1.29 is 17.6 Å². The van der Waals surface area contributed by atoms with Crippen LogP contribution in [-0.4, -0.2) is 6.54 Å². The second-order valence-corrected chi connectivity index (χ2v) is 2.98. The maximum absolute atomic E-state index is 12.3. The van der Waals surface area contributed by atoms with Crippen LogP contribution in [0.4, 0.5) is 13.2 Å². The fourth-order valence-electron chi connectivity index (χ4n) is 1.20. The van der Waals surface area contributed by atoms with Crippen LogP contribution in [0.15, 0.2) is 15.3 Å². The van der Waals surface area contributed by atoms with Gasteiger partial charge in [-0.3, -0.25) is 4.79 Å². The van der Waals surface area contributed by atoms with E-state index >= 15 is 0 Å². The number of alkyl halides is 3. The summed E-state index contributed by atoms with van der Waals surface area (Å²) in [5, 5.41) is 0.0819. The van der Waals surface area contributed by atoms with E-state index in [1.54, 1.807) is 0 Å². The van der Waals surface area contributed by atoms with Gasteiger partial charge in [0.15, 0.2) is 5.43 Å². The van der Waals surface area contributed by atoms with Crippen LogP contribution in [0.3, 0.4) is 0 Å². The first-order chi connectivity index (χ1) is 7.40. The van der Waals surface area contributed by atoms with Gasteiger partial charge in [-0.05, 0) is 13.0 Å². The third-order valence-corrected chi connectivity index (χ3v) is 1.88. The standard InChI is InChI=1S/C10H10F3NO2/c1-2-6-7(15)5-9(10(11,12)13)16-8(6)3-4-14/h2-3,5H,4,14H2,1H3/b6-2-,8-3+. The Labute approximate surface area is 88.7 Å². The second kappa shape index (κ2) is 4.52. The Hall–Kier alpha value is -1.56. The first kappa shape index (κ1) is 12.5. The summed E-state index contributed by atoms with van der Waals surface area (Å²) >= 11 is 0. The molecule has 1 aromatic heterocycles. The summed E-state index contributed by atoms with van der Waals surface area (Å²) in [7, 11) is 0. The molecule has 0 aliphatic heterocycles. The molecule has 2 N–H and O–H groups in total. The van der Waals surface area contributed by atoms with E-state index < -0.39 is 17.4 Å². The van der Waals surface area contributed by atoms with Crippen LogP contribution in [-0.2, 0) is 6.18 Å². The van der Waals surface area contributed by atoms with Gasteiger partial charge in [0.25, 0.3) is 0 Å². The Kier molecular flexibility index (Phi) is 3.54. The molecule has 3 nitrogen and oxygen atoms in total. The normalized spacial score (nSPS) is 14.6. The molecule has 0 aromatic carbocycles. The number of halogens is 3. The van der Waals surface area contributed by atoms with E-state index in [2.05, 4.69) is 4.42 Å². The summed E-state index contributed by atoms with van der Waals surface area (Å²) in [6, 6.07) is 0.434. The van der Waals surface area contributed by atoms with Gasteiger partial charge in [-0.2, -0.15) is 13.2 Å². The highest BCUT2D eigenvalue weighted by atomic mass is 19.4. The Balaban J connectivity index is 3.68. The molecule has 1 rings (SSSR count). The van der Waals surface area contributed by atoms with Gasteiger partial charge in [0.2, 0.25) is 5.76 Å². The lowest BCUT2D eigenvalue weighted by Crippen LogP contribution is -2.40. The Bertz CT molecular complexity index is 543. The molecule has 0 aliphatic carbocycles. The predicted octanol–water partition coefficient (Wildman–Crippen LogP) is 0.198. The molecule has 16 heavy (non-hydrogen) atoms. The molecule has 88 valence electrons. The van der Waals surface area contributed by atoms with Crippen molar-refractivity contribution in [2.75, 3.05) is 6.54 Å². The van der Waals surface area contributed by atoms with Crippen molar-refractivity contribution >= 4 is 12.2 Å². The van der Waals surface area contributed by atoms with Gasteiger partial charge in [0.1, 0.15) is 5.42 Å². The minimum atomic E-state index is -4.68. The fraction of sp³-hybridized carbons (Fsp3) is 0.300. The molecule has 0 unspecified atom stereocenters. The largest absolute Gasteiger partial charge is 0.452 e. The Morgan fingerprint density at radius 3 is 2.56 bits per heavy atom. The average molecular weight is 233 g/mol. The maximum Gasteiger partial charge on any atom is 0.449 e. The maximum atomic E-state index is 12.3. The smallest absolute Gasteiger partial charge is 0.449 e. The third kappa shape index (κ3) is 2.52. The minimum Gasteiger partial charge on any atom is -0.452 e. The van der Waals surface area contributed by atoms with Crippen LogP contribution in [0.25, 0.3) is 12.2 Å². The van der Waals surface area contributed by atoms with Gasteiger partial charge < -0.3 is 10.2 Å². The topological polar surface area (TPSA) is 56.2 Å². The van der Waals surface area contributed by atoms with Gasteiger partial charge in [-0.25, -0.2) is 0 Å². The van der Waals surface area contributed by atoms with E-state index in [-0.39, 0.29) is 17.2 Å². The molecule has 0 bridgehead atoms. The quantitative estimate of drug-likeness (QED) is 0.753. The van der Waals surface area contributed by atoms with Crippen molar-refractivity contribution in [2.45, 2.75) is 13.1 Å². The number of hydrogen-bond donors (Lipinski definition) is 1. The van der Waals surface area contributed by atoms with Gasteiger partial charge in [0, 0.05) is 12.6 Å². The molecule has 0 atom stereocenters. The molecule has 1 aromatic rings. The van der Waals surface area contributed by atoms with Gasteiger partial charge in [0.05, 0.1) is 5.22 Å². The van der Waals surface area contributed by atoms with E-state index in [9.17, 15) is 18.0 Å². The zero-order valence-corrected chi connectivity index (χ0v) is 8.47. The van der Waals surface area contributed by atoms with Crippen molar-refractivity contribution in [2.24, 2.45) is 5.73 Å². The molecule has 0 spiro atoms. The molecule has 1 heterocycles. The molecule has 0 radical (unpaired) electrons. The lowest BCUT2D eigenvalue weighted by atomic mass is 10.3. The molecule has 6 heteroatoms. The average Bonchev–Trinajstić information content (AvgIpc) is 2.16. The van der Waals surface area contributed by atoms with Crippen molar-refractivity contribution in [1.29, 1.82) is 0 Å². The third-order valence-electron chi connectivity index (χ3n) is 1.88. The predicted molar refractivity (Wildman–Crippen MR) is 52.9 cm³/mol. The van der Waals surface area contributed by atoms with E-state index in [1.165, 1.54) is 19.1 Å². The SMILES string of the molecule is C/C=c1/c(=O)cc(C(F)(F)F)o/c1=C/CN. The summed E-state index contributed by atoms with van der Waals surface area (Å²) in [4.78, 5) is 11.4. The van der Waals surface area contributed by atoms with E-state index in [1.807, 2.05) is 0 Å². The lowest BCUT2D eigenvalue weighted by molar-refractivity contribution is -0.154. The van der Waals surface area contributed by atoms with Gasteiger partial charge >= 0.3 is 6.18 Å². The molecule has 0 saturated heterocycles. The summed E-state index contributed by atoms with van der Waals surface area (Å²) < 4.78 is 41.6. The van der Waals surface area contributed by atoms with E-state index in [0.29, 0.717) is 6.07 Å². The highest BCUT2D eigenvalue weighted by Crippen LogP contribution is 2.26. The van der Waals surface area contributed by atoms with E-state index in [0.717, 1.165) is 0 Å². The summed E-state index contributed by atoms with van der Waals surface area (Å²) in [6.07, 6.45) is -2.07. The Morgan fingerprint density at radius 1 is 1.50 bits per heavy atom. The molecule has 0 fully saturated rings. The van der Waals surface area contributed by atoms with Crippen molar-refractivity contribution in [3.8, 4) is 0 Å². The second-order valence-electron chi connectivity index (χ2n) is 2.98. The van der Waals surface area contributed by atoms with Crippen LogP contribution < -0.4 is 21.8 Å². The summed E-state index contributed by atoms with van der Waals surface area (Å²) in [6.45, 7) is 1.53. The van der Waals surface area contributed by atoms with Crippen molar-refractivity contribution in [3.63, 3.8) is 0 Å².